The van der Waals surface area contributed by atoms with Gasteiger partial charge in [0.25, 0.3) is 6.47 Å². The number of nitrogens with zero attached hydrogens (tertiary/aromatic N) is 1. The van der Waals surface area contributed by atoms with Crippen LogP contribution in [0.4, 0.5) is 5.69 Å². The minimum atomic E-state index is -1.06. The van der Waals surface area contributed by atoms with Gasteiger partial charge in [-0.3, -0.25) is 14.4 Å². The maximum Gasteiger partial charge on any atom is 0.294 e. The Morgan fingerprint density at radius 1 is 1.12 bits per heavy atom. The summed E-state index contributed by atoms with van der Waals surface area (Å²) in [6.45, 7) is 4.26. The lowest BCUT2D eigenvalue weighted by Gasteiger charge is -2.54. The molecular formula is C29H35NO4. The molecule has 1 aromatic carbocycles. The molecule has 0 amide bonds. The van der Waals surface area contributed by atoms with Crippen molar-refractivity contribution in [2.45, 2.75) is 70.3 Å². The smallest absolute Gasteiger partial charge is 0.294 e. The van der Waals surface area contributed by atoms with Crippen molar-refractivity contribution in [2.24, 2.45) is 17.3 Å². The summed E-state index contributed by atoms with van der Waals surface area (Å²) in [5.41, 5.74) is 4.99. The third-order valence-electron chi connectivity index (χ3n) is 9.48. The first-order valence-electron chi connectivity index (χ1n) is 12.6. The van der Waals surface area contributed by atoms with Crippen LogP contribution < -0.4 is 4.90 Å². The van der Waals surface area contributed by atoms with E-state index in [0.717, 1.165) is 37.8 Å². The van der Waals surface area contributed by atoms with Crippen LogP contribution in [0.1, 0.15) is 70.3 Å². The monoisotopic (exact) mass is 461 g/mol. The molecule has 0 aromatic heterocycles. The molecule has 0 heterocycles. The fraction of sp³-hybridized carbons (Fsp3) is 0.552. The highest BCUT2D eigenvalue weighted by atomic mass is 16.5. The van der Waals surface area contributed by atoms with Gasteiger partial charge in [-0.05, 0) is 92.2 Å². The predicted octanol–water partition coefficient (Wildman–Crippen LogP) is 5.15. The molecule has 2 fully saturated rings. The van der Waals surface area contributed by atoms with Gasteiger partial charge in [0.15, 0.2) is 17.2 Å². The molecule has 0 spiro atoms. The van der Waals surface area contributed by atoms with E-state index in [1.165, 1.54) is 22.3 Å². The SMILES string of the molecule is CC(=O)[C@@]1(OC=O)CC[C@H]2[C@@H]3CCC4=CC(=O)CCC4=C3[C@@H](c3ccc(N(C)C)cc3)C[C@@]21C. The lowest BCUT2D eigenvalue weighted by Crippen LogP contribution is -2.56. The quantitative estimate of drug-likeness (QED) is 0.567. The molecule has 5 heteroatoms. The van der Waals surface area contributed by atoms with Crippen molar-refractivity contribution in [3.8, 4) is 0 Å². The Balaban J connectivity index is 1.68. The first kappa shape index (κ1) is 23.1. The first-order chi connectivity index (χ1) is 16.2. The van der Waals surface area contributed by atoms with Crippen LogP contribution in [-0.2, 0) is 19.1 Å². The number of rotatable bonds is 5. The van der Waals surface area contributed by atoms with Crippen LogP contribution in [0, 0.1) is 17.3 Å². The zero-order chi connectivity index (χ0) is 24.3. The summed E-state index contributed by atoms with van der Waals surface area (Å²) in [6.07, 6.45) is 7.42. The van der Waals surface area contributed by atoms with Crippen molar-refractivity contribution in [3.63, 3.8) is 0 Å². The van der Waals surface area contributed by atoms with Crippen LogP contribution in [0.5, 0.6) is 0 Å². The molecule has 0 radical (unpaired) electrons. The summed E-state index contributed by atoms with van der Waals surface area (Å²) in [7, 11) is 4.07. The average molecular weight is 462 g/mol. The van der Waals surface area contributed by atoms with Crippen molar-refractivity contribution >= 4 is 23.7 Å². The van der Waals surface area contributed by atoms with Crippen LogP contribution >= 0.6 is 0 Å². The fourth-order valence-corrected chi connectivity index (χ4v) is 7.89. The second-order valence-corrected chi connectivity index (χ2v) is 11.1. The van der Waals surface area contributed by atoms with Gasteiger partial charge in [-0.15, -0.1) is 0 Å². The Kier molecular flexibility index (Phi) is 5.57. The normalized spacial score (nSPS) is 34.5. The van der Waals surface area contributed by atoms with Crippen LogP contribution in [0.2, 0.25) is 0 Å². The third-order valence-corrected chi connectivity index (χ3v) is 9.48. The van der Waals surface area contributed by atoms with Crippen LogP contribution in [0.25, 0.3) is 0 Å². The average Bonchev–Trinajstić information content (AvgIpc) is 3.11. The number of fused-ring (bicyclic) bond motifs is 4. The number of ketones is 2. The molecule has 1 aromatic rings. The summed E-state index contributed by atoms with van der Waals surface area (Å²) in [5.74, 6) is 0.967. The molecular weight excluding hydrogens is 426 g/mol. The lowest BCUT2D eigenvalue weighted by molar-refractivity contribution is -0.173. The number of carbonyl (C=O) groups excluding carboxylic acids is 3. The van der Waals surface area contributed by atoms with E-state index >= 15 is 0 Å². The first-order valence-corrected chi connectivity index (χ1v) is 12.6. The standard InChI is InChI=1S/C29H35NO4/c1-18(32)29(34-17-31)14-13-26-24-11-7-20-15-22(33)10-12-23(20)27(24)25(16-28(26,29)2)19-5-8-21(9-6-19)30(3)4/h5-6,8-9,15,17,24-26H,7,10-14,16H2,1-4H3/t24-,25+,26-,28-,29-/m0/s1. The molecule has 0 bridgehead atoms. The zero-order valence-electron chi connectivity index (χ0n) is 20.7. The molecule has 0 N–H and O–H groups in total. The van der Waals surface area contributed by atoms with E-state index in [2.05, 4.69) is 36.1 Å². The minimum absolute atomic E-state index is 0.0398. The summed E-state index contributed by atoms with van der Waals surface area (Å²) >= 11 is 0. The largest absolute Gasteiger partial charge is 0.453 e. The lowest BCUT2D eigenvalue weighted by atomic mass is 9.50. The zero-order valence-corrected chi connectivity index (χ0v) is 20.7. The number of allylic oxidation sites excluding steroid dienone is 4. The minimum Gasteiger partial charge on any atom is -0.453 e. The number of ether oxygens (including phenoxy) is 1. The third kappa shape index (κ3) is 3.23. The second-order valence-electron chi connectivity index (χ2n) is 11.1. The van der Waals surface area contributed by atoms with E-state index in [0.29, 0.717) is 25.2 Å². The van der Waals surface area contributed by atoms with Crippen LogP contribution in [0.15, 0.2) is 47.1 Å². The molecule has 180 valence electrons. The Morgan fingerprint density at radius 2 is 1.85 bits per heavy atom. The summed E-state index contributed by atoms with van der Waals surface area (Å²) in [5, 5.41) is 0. The highest BCUT2D eigenvalue weighted by Gasteiger charge is 2.66. The van der Waals surface area contributed by atoms with Crippen molar-refractivity contribution in [1.29, 1.82) is 0 Å². The van der Waals surface area contributed by atoms with Crippen molar-refractivity contribution in [2.75, 3.05) is 19.0 Å². The summed E-state index contributed by atoms with van der Waals surface area (Å²) in [6, 6.07) is 8.74. The molecule has 2 saturated carbocycles. The number of carbonyl (C=O) groups is 3. The number of anilines is 1. The van der Waals surface area contributed by atoms with Gasteiger partial charge in [0.2, 0.25) is 0 Å². The predicted molar refractivity (Wildman–Crippen MR) is 132 cm³/mol. The highest BCUT2D eigenvalue weighted by Crippen LogP contribution is 2.67. The van der Waals surface area contributed by atoms with Crippen molar-refractivity contribution in [1.82, 2.24) is 0 Å². The van der Waals surface area contributed by atoms with Gasteiger partial charge in [-0.1, -0.05) is 24.6 Å². The maximum atomic E-state index is 13.1. The molecule has 0 aliphatic heterocycles. The van der Waals surface area contributed by atoms with Crippen molar-refractivity contribution in [3.05, 3.63) is 52.6 Å². The molecule has 4 aliphatic carbocycles. The van der Waals surface area contributed by atoms with E-state index in [9.17, 15) is 14.4 Å². The number of hydrogen-bond acceptors (Lipinski definition) is 5. The Labute approximate surface area is 202 Å². The van der Waals surface area contributed by atoms with E-state index in [4.69, 9.17) is 4.74 Å². The molecule has 5 nitrogen and oxygen atoms in total. The molecule has 5 rings (SSSR count). The van der Waals surface area contributed by atoms with Crippen LogP contribution in [-0.4, -0.2) is 37.7 Å². The van der Waals surface area contributed by atoms with Crippen molar-refractivity contribution < 1.29 is 19.1 Å². The second kappa shape index (κ2) is 8.21. The number of hydrogen-bond donors (Lipinski definition) is 0. The Hall–Kier alpha value is -2.69. The van der Waals surface area contributed by atoms with E-state index in [1.54, 1.807) is 6.92 Å². The highest BCUT2D eigenvalue weighted by molar-refractivity contribution is 5.93. The maximum absolute atomic E-state index is 13.1. The summed E-state index contributed by atoms with van der Waals surface area (Å²) in [4.78, 5) is 39.0. The van der Waals surface area contributed by atoms with Gasteiger partial charge in [0.1, 0.15) is 0 Å². The van der Waals surface area contributed by atoms with Gasteiger partial charge in [-0.25, -0.2) is 0 Å². The summed E-state index contributed by atoms with van der Waals surface area (Å²) < 4.78 is 5.75. The number of Topliss-reactive ketones (excluding diaryl/α,β-unsaturated/α-hetero) is 1. The van der Waals surface area contributed by atoms with Gasteiger partial charge in [-0.2, -0.15) is 0 Å². The topological polar surface area (TPSA) is 63.7 Å². The molecule has 5 atom stereocenters. The molecule has 0 unspecified atom stereocenters. The number of benzene rings is 1. The molecule has 0 saturated heterocycles. The van der Waals surface area contributed by atoms with E-state index < -0.39 is 11.0 Å². The Morgan fingerprint density at radius 3 is 2.50 bits per heavy atom. The molecule has 4 aliphatic rings. The van der Waals surface area contributed by atoms with Gasteiger partial charge < -0.3 is 9.64 Å². The fourth-order valence-electron chi connectivity index (χ4n) is 7.89. The van der Waals surface area contributed by atoms with E-state index in [-0.39, 0.29) is 23.4 Å². The van der Waals surface area contributed by atoms with Gasteiger partial charge >= 0.3 is 0 Å². The van der Waals surface area contributed by atoms with Gasteiger partial charge in [0.05, 0.1) is 0 Å². The Bertz CT molecular complexity index is 1100. The van der Waals surface area contributed by atoms with Crippen LogP contribution in [0.3, 0.4) is 0 Å². The van der Waals surface area contributed by atoms with Gasteiger partial charge in [0, 0.05) is 37.5 Å². The van der Waals surface area contributed by atoms with E-state index in [1.807, 2.05) is 20.2 Å². The molecule has 34 heavy (non-hydrogen) atoms.